The maximum absolute atomic E-state index is 11.5. The number of fused-ring (bicyclic) bond motifs is 1. The molecule has 0 saturated carbocycles. The molecule has 2 amide bonds. The number of aromatic nitrogens is 3. The Bertz CT molecular complexity index is 881. The standard InChI is InChI=1S/C12H10N6O2S/c13-9(19)7-1-5(3-18-11(7)16-12(15)17-18)6-2-8(10(14)20)21-4-6/h1-4H,(H2,13,19)(H2,14,20)(H2,15,17). The number of carbonyl (C=O) groups is 2. The Balaban J connectivity index is 2.22. The number of anilines is 1. The summed E-state index contributed by atoms with van der Waals surface area (Å²) in [5, 5.41) is 5.73. The number of carbonyl (C=O) groups excluding carboxylic acids is 2. The van der Waals surface area contributed by atoms with E-state index in [1.54, 1.807) is 23.7 Å². The summed E-state index contributed by atoms with van der Waals surface area (Å²) in [7, 11) is 0. The average molecular weight is 302 g/mol. The van der Waals surface area contributed by atoms with Gasteiger partial charge in [0.1, 0.15) is 0 Å². The van der Waals surface area contributed by atoms with E-state index in [1.807, 2.05) is 0 Å². The second-order valence-electron chi connectivity index (χ2n) is 4.31. The Morgan fingerprint density at radius 3 is 2.52 bits per heavy atom. The Morgan fingerprint density at radius 1 is 1.14 bits per heavy atom. The van der Waals surface area contributed by atoms with Crippen LogP contribution in [0.1, 0.15) is 20.0 Å². The minimum atomic E-state index is -0.639. The van der Waals surface area contributed by atoms with Crippen LogP contribution in [0.15, 0.2) is 23.7 Å². The first-order valence-electron chi connectivity index (χ1n) is 5.80. The minimum absolute atomic E-state index is 0.0396. The third-order valence-corrected chi connectivity index (χ3v) is 3.84. The fourth-order valence-electron chi connectivity index (χ4n) is 1.96. The first-order chi connectivity index (χ1) is 9.95. The number of nitrogens with two attached hydrogens (primary N) is 3. The minimum Gasteiger partial charge on any atom is -0.366 e. The van der Waals surface area contributed by atoms with E-state index in [2.05, 4.69) is 10.1 Å². The first kappa shape index (κ1) is 13.1. The molecule has 21 heavy (non-hydrogen) atoms. The largest absolute Gasteiger partial charge is 0.366 e. The van der Waals surface area contributed by atoms with Crippen molar-refractivity contribution in [2.24, 2.45) is 11.5 Å². The molecular weight excluding hydrogens is 292 g/mol. The van der Waals surface area contributed by atoms with Crippen LogP contribution in [-0.4, -0.2) is 26.4 Å². The molecule has 0 aliphatic rings. The van der Waals surface area contributed by atoms with Crippen molar-refractivity contribution in [2.75, 3.05) is 5.73 Å². The Hall–Kier alpha value is -2.94. The number of hydrogen-bond donors (Lipinski definition) is 3. The molecule has 9 heteroatoms. The number of nitrogens with zero attached hydrogens (tertiary/aromatic N) is 3. The molecule has 0 aliphatic carbocycles. The summed E-state index contributed by atoms with van der Waals surface area (Å²) in [6.07, 6.45) is 1.65. The third kappa shape index (κ3) is 2.19. The number of hydrogen-bond acceptors (Lipinski definition) is 6. The van der Waals surface area contributed by atoms with Crippen molar-refractivity contribution < 1.29 is 9.59 Å². The molecule has 3 aromatic rings. The lowest BCUT2D eigenvalue weighted by Gasteiger charge is -2.03. The molecule has 3 aromatic heterocycles. The maximum Gasteiger partial charge on any atom is 0.258 e. The van der Waals surface area contributed by atoms with Gasteiger partial charge in [0, 0.05) is 11.8 Å². The van der Waals surface area contributed by atoms with Gasteiger partial charge in [0.25, 0.3) is 11.8 Å². The summed E-state index contributed by atoms with van der Waals surface area (Å²) < 4.78 is 1.38. The highest BCUT2D eigenvalue weighted by Crippen LogP contribution is 2.27. The van der Waals surface area contributed by atoms with Crippen LogP contribution < -0.4 is 17.2 Å². The quantitative estimate of drug-likeness (QED) is 0.635. The molecule has 0 fully saturated rings. The Labute approximate surface area is 122 Å². The lowest BCUT2D eigenvalue weighted by molar-refractivity contribution is 0.0994. The van der Waals surface area contributed by atoms with E-state index in [0.717, 1.165) is 5.56 Å². The van der Waals surface area contributed by atoms with Crippen LogP contribution in [0.2, 0.25) is 0 Å². The Kier molecular flexibility index (Phi) is 2.84. The van der Waals surface area contributed by atoms with Crippen LogP contribution in [0.4, 0.5) is 5.95 Å². The fraction of sp³-hybridized carbons (Fsp3) is 0. The van der Waals surface area contributed by atoms with Crippen LogP contribution in [0, 0.1) is 0 Å². The zero-order chi connectivity index (χ0) is 15.1. The summed E-state index contributed by atoms with van der Waals surface area (Å²) in [6, 6.07) is 3.22. The summed E-state index contributed by atoms with van der Waals surface area (Å²) in [4.78, 5) is 27.1. The summed E-state index contributed by atoms with van der Waals surface area (Å²) >= 11 is 1.22. The molecule has 0 aliphatic heterocycles. The lowest BCUT2D eigenvalue weighted by atomic mass is 10.1. The number of nitrogen functional groups attached to an aromatic ring is 1. The molecule has 0 radical (unpaired) electrons. The predicted octanol–water partition coefficient (Wildman–Crippen LogP) is 0.238. The first-order valence-corrected chi connectivity index (χ1v) is 6.68. The monoisotopic (exact) mass is 302 g/mol. The molecule has 0 bridgehead atoms. The van der Waals surface area contributed by atoms with Gasteiger partial charge >= 0.3 is 0 Å². The number of rotatable bonds is 3. The maximum atomic E-state index is 11.5. The van der Waals surface area contributed by atoms with Gasteiger partial charge < -0.3 is 17.2 Å². The molecule has 3 rings (SSSR count). The van der Waals surface area contributed by atoms with Crippen molar-refractivity contribution in [3.63, 3.8) is 0 Å². The predicted molar refractivity (Wildman–Crippen MR) is 77.7 cm³/mol. The molecule has 106 valence electrons. The van der Waals surface area contributed by atoms with Crippen molar-refractivity contribution in [3.8, 4) is 11.1 Å². The number of amides is 2. The van der Waals surface area contributed by atoms with Gasteiger partial charge in [-0.05, 0) is 23.1 Å². The molecule has 0 saturated heterocycles. The molecule has 8 nitrogen and oxygen atoms in total. The van der Waals surface area contributed by atoms with Crippen molar-refractivity contribution >= 4 is 34.7 Å². The summed E-state index contributed by atoms with van der Waals surface area (Å²) in [5.74, 6) is -1.11. The Morgan fingerprint density at radius 2 is 1.90 bits per heavy atom. The van der Waals surface area contributed by atoms with E-state index < -0.39 is 11.8 Å². The average Bonchev–Trinajstić information content (AvgIpc) is 3.01. The topological polar surface area (TPSA) is 142 Å². The molecule has 0 unspecified atom stereocenters. The molecule has 0 spiro atoms. The van der Waals surface area contributed by atoms with E-state index in [-0.39, 0.29) is 17.2 Å². The normalized spacial score (nSPS) is 10.9. The molecule has 0 atom stereocenters. The van der Waals surface area contributed by atoms with E-state index in [4.69, 9.17) is 17.2 Å². The zero-order valence-electron chi connectivity index (χ0n) is 10.6. The van der Waals surface area contributed by atoms with E-state index in [1.165, 1.54) is 15.9 Å². The highest BCUT2D eigenvalue weighted by molar-refractivity contribution is 7.12. The van der Waals surface area contributed by atoms with Gasteiger partial charge in [-0.1, -0.05) is 0 Å². The van der Waals surface area contributed by atoms with Crippen LogP contribution in [0.25, 0.3) is 16.8 Å². The van der Waals surface area contributed by atoms with Crippen molar-refractivity contribution in [2.45, 2.75) is 0 Å². The molecule has 0 aromatic carbocycles. The van der Waals surface area contributed by atoms with E-state index in [0.29, 0.717) is 10.4 Å². The van der Waals surface area contributed by atoms with Crippen LogP contribution in [0.5, 0.6) is 0 Å². The second kappa shape index (κ2) is 4.56. The fourth-order valence-corrected chi connectivity index (χ4v) is 2.73. The zero-order valence-corrected chi connectivity index (χ0v) is 11.4. The van der Waals surface area contributed by atoms with Gasteiger partial charge in [-0.15, -0.1) is 16.4 Å². The number of primary amides is 2. The van der Waals surface area contributed by atoms with Crippen LogP contribution in [-0.2, 0) is 0 Å². The molecule has 3 heterocycles. The van der Waals surface area contributed by atoms with Crippen LogP contribution in [0.3, 0.4) is 0 Å². The molecule has 6 N–H and O–H groups in total. The van der Waals surface area contributed by atoms with Crippen LogP contribution >= 0.6 is 11.3 Å². The third-order valence-electron chi connectivity index (χ3n) is 2.89. The van der Waals surface area contributed by atoms with Gasteiger partial charge in [-0.25, -0.2) is 4.52 Å². The molecular formula is C12H10N6O2S. The highest BCUT2D eigenvalue weighted by Gasteiger charge is 2.15. The van der Waals surface area contributed by atoms with Crippen molar-refractivity contribution in [1.29, 1.82) is 0 Å². The van der Waals surface area contributed by atoms with Crippen molar-refractivity contribution in [1.82, 2.24) is 14.6 Å². The van der Waals surface area contributed by atoms with Gasteiger partial charge in [0.2, 0.25) is 5.95 Å². The number of thiophene rings is 1. The smallest absolute Gasteiger partial charge is 0.258 e. The number of pyridine rings is 1. The van der Waals surface area contributed by atoms with Gasteiger partial charge in [0.15, 0.2) is 5.65 Å². The van der Waals surface area contributed by atoms with E-state index >= 15 is 0 Å². The SMILES string of the molecule is NC(=O)c1cc(-c2cc(C(N)=O)c3nc(N)nn3c2)cs1. The van der Waals surface area contributed by atoms with Gasteiger partial charge in [-0.2, -0.15) is 4.98 Å². The highest BCUT2D eigenvalue weighted by atomic mass is 32.1. The summed E-state index contributed by atoms with van der Waals surface area (Å²) in [6.45, 7) is 0. The van der Waals surface area contributed by atoms with Gasteiger partial charge in [0.05, 0.1) is 10.4 Å². The summed E-state index contributed by atoms with van der Waals surface area (Å²) in [5.41, 5.74) is 18.0. The second-order valence-corrected chi connectivity index (χ2v) is 5.22. The lowest BCUT2D eigenvalue weighted by Crippen LogP contribution is -2.13. The van der Waals surface area contributed by atoms with E-state index in [9.17, 15) is 9.59 Å². The van der Waals surface area contributed by atoms with Crippen molar-refractivity contribution in [3.05, 3.63) is 34.2 Å². The van der Waals surface area contributed by atoms with Gasteiger partial charge in [-0.3, -0.25) is 9.59 Å².